The van der Waals surface area contributed by atoms with Crippen molar-refractivity contribution in [2.45, 2.75) is 44.9 Å². The molecule has 0 radical (unpaired) electrons. The Morgan fingerprint density at radius 3 is 2.61 bits per heavy atom. The molecule has 1 saturated heterocycles. The Morgan fingerprint density at radius 1 is 1.10 bits per heavy atom. The van der Waals surface area contributed by atoms with E-state index in [0.717, 1.165) is 56.3 Å². The molecular weight excluding hydrogens is 390 g/mol. The van der Waals surface area contributed by atoms with E-state index in [2.05, 4.69) is 29.3 Å². The number of rotatable bonds is 7. The Morgan fingerprint density at radius 2 is 1.87 bits per heavy atom. The molecule has 0 aliphatic carbocycles. The molecule has 2 heterocycles. The molecule has 0 bridgehead atoms. The highest BCUT2D eigenvalue weighted by Gasteiger charge is 2.22. The molecule has 1 N–H and O–H groups in total. The summed E-state index contributed by atoms with van der Waals surface area (Å²) in [5, 5.41) is 2.85. The lowest BCUT2D eigenvalue weighted by Gasteiger charge is -2.31. The van der Waals surface area contributed by atoms with Crippen LogP contribution < -0.4 is 11.1 Å². The summed E-state index contributed by atoms with van der Waals surface area (Å²) < 4.78 is 6.52. The first-order valence-electron chi connectivity index (χ1n) is 11.4. The van der Waals surface area contributed by atoms with Gasteiger partial charge >= 0.3 is 11.8 Å². The molecule has 0 spiro atoms. The smallest absolute Gasteiger partial charge is 0.407 e. The van der Waals surface area contributed by atoms with Gasteiger partial charge in [-0.15, -0.1) is 0 Å². The molecule has 1 fully saturated rings. The number of carbonyl (C=O) groups is 1. The van der Waals surface area contributed by atoms with Crippen molar-refractivity contribution < 1.29 is 9.21 Å². The van der Waals surface area contributed by atoms with Gasteiger partial charge in [0.05, 0.1) is 5.52 Å². The van der Waals surface area contributed by atoms with Gasteiger partial charge < -0.3 is 14.6 Å². The molecule has 0 atom stereocenters. The van der Waals surface area contributed by atoms with E-state index in [0.29, 0.717) is 23.6 Å². The van der Waals surface area contributed by atoms with E-state index in [-0.39, 0.29) is 0 Å². The average Bonchev–Trinajstić information content (AvgIpc) is 3.14. The van der Waals surface area contributed by atoms with Crippen LogP contribution in [0.15, 0.2) is 57.7 Å². The highest BCUT2D eigenvalue weighted by molar-refractivity contribution is 5.88. The van der Waals surface area contributed by atoms with Crippen LogP contribution in [0.1, 0.15) is 49.7 Å². The number of unbranched alkanes of at least 4 members (excludes halogenated alkanes) is 1. The lowest BCUT2D eigenvalue weighted by atomic mass is 9.89. The van der Waals surface area contributed by atoms with Gasteiger partial charge in [-0.1, -0.05) is 43.3 Å². The first-order valence-corrected chi connectivity index (χ1v) is 11.4. The van der Waals surface area contributed by atoms with Gasteiger partial charge in [-0.05, 0) is 80.9 Å². The number of amides is 1. The van der Waals surface area contributed by atoms with Crippen molar-refractivity contribution in [2.24, 2.45) is 0 Å². The molecule has 6 nitrogen and oxygen atoms in total. The van der Waals surface area contributed by atoms with Gasteiger partial charge in [0.2, 0.25) is 0 Å². The zero-order valence-electron chi connectivity index (χ0n) is 18.2. The molecular formula is C25H31N3O3. The molecule has 3 aromatic rings. The number of likely N-dealkylation sites (tertiary alicyclic amines) is 1. The number of nitrogens with zero attached hydrogens (tertiary/aromatic N) is 2. The summed E-state index contributed by atoms with van der Waals surface area (Å²) in [5.41, 5.74) is 3.49. The second kappa shape index (κ2) is 9.96. The van der Waals surface area contributed by atoms with Gasteiger partial charge in [-0.2, -0.15) is 4.57 Å². The third kappa shape index (κ3) is 5.07. The monoisotopic (exact) mass is 421 g/mol. The summed E-state index contributed by atoms with van der Waals surface area (Å²) in [6, 6.07) is 15.7. The van der Waals surface area contributed by atoms with Crippen molar-refractivity contribution in [3.8, 4) is 0 Å². The Labute approximate surface area is 182 Å². The SMILES string of the molecule is CCN1CCC(c2ccc3c(c2)oc(=O)n3C(=O)NCCCCc2ccccc2)CC1. The first kappa shape index (κ1) is 21.4. The lowest BCUT2D eigenvalue weighted by molar-refractivity contribution is 0.222. The van der Waals surface area contributed by atoms with Gasteiger partial charge in [-0.3, -0.25) is 0 Å². The molecule has 164 valence electrons. The quantitative estimate of drug-likeness (QED) is 0.575. The summed E-state index contributed by atoms with van der Waals surface area (Å²) in [4.78, 5) is 27.4. The molecule has 6 heteroatoms. The Bertz CT molecular complexity index is 1060. The summed E-state index contributed by atoms with van der Waals surface area (Å²) in [5.74, 6) is -0.158. The van der Waals surface area contributed by atoms with E-state index in [1.54, 1.807) is 0 Å². The van der Waals surface area contributed by atoms with Crippen molar-refractivity contribution in [1.82, 2.24) is 14.8 Å². The van der Waals surface area contributed by atoms with Crippen LogP contribution in [0.4, 0.5) is 4.79 Å². The van der Waals surface area contributed by atoms with Crippen LogP contribution in [0, 0.1) is 0 Å². The van der Waals surface area contributed by atoms with Gasteiger partial charge in [0.25, 0.3) is 0 Å². The predicted molar refractivity (Wildman–Crippen MR) is 123 cm³/mol. The first-order chi connectivity index (χ1) is 15.2. The molecule has 1 aliphatic heterocycles. The standard InChI is InChI=1S/C25H31N3O3/c1-2-27-16-13-20(14-17-27)21-11-12-22-23(18-21)31-25(30)28(22)24(29)26-15-7-6-10-19-8-4-3-5-9-19/h3-5,8-9,11-12,18,20H,2,6-7,10,13-17H2,1H3,(H,26,29). The number of fused-ring (bicyclic) bond motifs is 1. The molecule has 0 saturated carbocycles. The van der Waals surface area contributed by atoms with Crippen LogP contribution in [0.2, 0.25) is 0 Å². The van der Waals surface area contributed by atoms with Crippen LogP contribution in [-0.2, 0) is 6.42 Å². The van der Waals surface area contributed by atoms with E-state index < -0.39 is 11.8 Å². The maximum atomic E-state index is 12.6. The Hall–Kier alpha value is -2.86. The third-order valence-electron chi connectivity index (χ3n) is 6.33. The number of hydrogen-bond donors (Lipinski definition) is 1. The fraction of sp³-hybridized carbons (Fsp3) is 0.440. The summed E-state index contributed by atoms with van der Waals surface area (Å²) >= 11 is 0. The lowest BCUT2D eigenvalue weighted by Crippen LogP contribution is -2.34. The average molecular weight is 422 g/mol. The number of oxazole rings is 1. The van der Waals surface area contributed by atoms with Crippen LogP contribution in [0.3, 0.4) is 0 Å². The van der Waals surface area contributed by atoms with Crippen LogP contribution in [0.25, 0.3) is 11.1 Å². The molecule has 1 amide bonds. The third-order valence-corrected chi connectivity index (χ3v) is 6.33. The number of benzene rings is 2. The van der Waals surface area contributed by atoms with E-state index in [9.17, 15) is 9.59 Å². The highest BCUT2D eigenvalue weighted by Crippen LogP contribution is 2.30. The van der Waals surface area contributed by atoms with Gasteiger partial charge in [-0.25, -0.2) is 9.59 Å². The second-order valence-corrected chi connectivity index (χ2v) is 8.31. The minimum atomic E-state index is -0.630. The van der Waals surface area contributed by atoms with Crippen molar-refractivity contribution >= 4 is 17.1 Å². The number of carbonyl (C=O) groups excluding carboxylic acids is 1. The van der Waals surface area contributed by atoms with Crippen LogP contribution >= 0.6 is 0 Å². The van der Waals surface area contributed by atoms with E-state index in [4.69, 9.17) is 4.42 Å². The molecule has 1 aliphatic rings. The largest absolute Gasteiger partial charge is 0.428 e. The van der Waals surface area contributed by atoms with Gasteiger partial charge in [0, 0.05) is 6.54 Å². The number of hydrogen-bond acceptors (Lipinski definition) is 4. The molecule has 1 aromatic heterocycles. The van der Waals surface area contributed by atoms with Crippen molar-refractivity contribution in [2.75, 3.05) is 26.2 Å². The van der Waals surface area contributed by atoms with Crippen LogP contribution in [-0.4, -0.2) is 41.7 Å². The Kier molecular flexibility index (Phi) is 6.87. The molecule has 31 heavy (non-hydrogen) atoms. The molecule has 2 aromatic carbocycles. The highest BCUT2D eigenvalue weighted by atomic mass is 16.4. The zero-order chi connectivity index (χ0) is 21.6. The van der Waals surface area contributed by atoms with E-state index >= 15 is 0 Å². The fourth-order valence-corrected chi connectivity index (χ4v) is 4.44. The molecule has 4 rings (SSSR count). The van der Waals surface area contributed by atoms with Crippen LogP contribution in [0.5, 0.6) is 0 Å². The zero-order valence-corrected chi connectivity index (χ0v) is 18.2. The number of aromatic nitrogens is 1. The van der Waals surface area contributed by atoms with E-state index in [1.165, 1.54) is 11.1 Å². The maximum Gasteiger partial charge on any atom is 0.428 e. The minimum Gasteiger partial charge on any atom is -0.407 e. The van der Waals surface area contributed by atoms with Crippen molar-refractivity contribution in [1.29, 1.82) is 0 Å². The van der Waals surface area contributed by atoms with Gasteiger partial charge in [0.15, 0.2) is 5.58 Å². The summed E-state index contributed by atoms with van der Waals surface area (Å²) in [6.45, 7) is 6.00. The Balaban J connectivity index is 1.35. The topological polar surface area (TPSA) is 67.5 Å². The minimum absolute atomic E-state index is 0.424. The van der Waals surface area contributed by atoms with Crippen molar-refractivity contribution in [3.05, 3.63) is 70.2 Å². The summed E-state index contributed by atoms with van der Waals surface area (Å²) in [7, 11) is 0. The van der Waals surface area contributed by atoms with Gasteiger partial charge in [0.1, 0.15) is 0 Å². The number of piperidine rings is 1. The maximum absolute atomic E-state index is 12.6. The second-order valence-electron chi connectivity index (χ2n) is 8.31. The normalized spacial score (nSPS) is 15.4. The van der Waals surface area contributed by atoms with Crippen molar-refractivity contribution in [3.63, 3.8) is 0 Å². The predicted octanol–water partition coefficient (Wildman–Crippen LogP) is 4.37. The molecule has 0 unspecified atom stereocenters. The number of aryl methyl sites for hydroxylation is 1. The fourth-order valence-electron chi connectivity index (χ4n) is 4.44. The summed E-state index contributed by atoms with van der Waals surface area (Å²) in [6.07, 6.45) is 5.02. The van der Waals surface area contributed by atoms with E-state index in [1.807, 2.05) is 36.4 Å². The number of nitrogens with one attached hydrogen (secondary N) is 1.